The van der Waals surface area contributed by atoms with Gasteiger partial charge in [0.15, 0.2) is 0 Å². The van der Waals surface area contributed by atoms with Gasteiger partial charge in [0, 0.05) is 30.5 Å². The first-order valence-corrected chi connectivity index (χ1v) is 14.0. The summed E-state index contributed by atoms with van der Waals surface area (Å²) in [6.45, 7) is 3.82. The van der Waals surface area contributed by atoms with Crippen LogP contribution in [0, 0.1) is 34.3 Å². The largest absolute Gasteiger partial charge is 0.446 e. The molecule has 0 aromatic heterocycles. The van der Waals surface area contributed by atoms with Crippen molar-refractivity contribution in [3.8, 4) is 0 Å². The second-order valence-corrected chi connectivity index (χ2v) is 12.1. The number of hydrogen-bond acceptors (Lipinski definition) is 5. The van der Waals surface area contributed by atoms with Crippen LogP contribution >= 0.6 is 0 Å². The normalized spacial score (nSPS) is 33.7. The van der Waals surface area contributed by atoms with Crippen molar-refractivity contribution in [1.82, 2.24) is 10.6 Å². The first kappa shape index (κ1) is 28.7. The fourth-order valence-electron chi connectivity index (χ4n) is 7.54. The lowest BCUT2D eigenvalue weighted by molar-refractivity contribution is -0.186. The van der Waals surface area contributed by atoms with E-state index in [1.54, 1.807) is 0 Å². The molecule has 4 N–H and O–H groups in total. The predicted octanol–water partition coefficient (Wildman–Crippen LogP) is 4.58. The van der Waals surface area contributed by atoms with Gasteiger partial charge in [-0.2, -0.15) is 0 Å². The molecular weight excluding hydrogens is 494 g/mol. The van der Waals surface area contributed by atoms with Gasteiger partial charge in [-0.1, -0.05) is 33.1 Å². The lowest BCUT2D eigenvalue weighted by Crippen LogP contribution is -2.61. The lowest BCUT2D eigenvalue weighted by Gasteiger charge is -2.60. The van der Waals surface area contributed by atoms with E-state index in [0.29, 0.717) is 31.2 Å². The van der Waals surface area contributed by atoms with E-state index < -0.39 is 40.8 Å². The van der Waals surface area contributed by atoms with Crippen LogP contribution in [-0.2, 0) is 16.1 Å². The molecule has 1 aromatic carbocycles. The van der Waals surface area contributed by atoms with Crippen molar-refractivity contribution >= 4 is 12.0 Å². The summed E-state index contributed by atoms with van der Waals surface area (Å²) in [7, 11) is 0. The highest BCUT2D eigenvalue weighted by Crippen LogP contribution is 2.61. The van der Waals surface area contributed by atoms with Gasteiger partial charge in [0.1, 0.15) is 17.7 Å². The molecule has 3 saturated carbocycles. The second-order valence-electron chi connectivity index (χ2n) is 12.1. The number of aliphatic hydroxyl groups is 2. The maximum Gasteiger partial charge on any atom is 0.407 e. The average molecular weight is 537 g/mol. The SMILES string of the molecule is CC1(CO)C(OC(=O)NC2CCCCC2)CCC2(C)C(CC(=O)NCc3cc(F)cc(F)c3)C(O)CCC12. The molecule has 6 unspecified atom stereocenters. The van der Waals surface area contributed by atoms with E-state index in [4.69, 9.17) is 4.74 Å². The van der Waals surface area contributed by atoms with Crippen LogP contribution in [0.25, 0.3) is 0 Å². The Labute approximate surface area is 223 Å². The minimum absolute atomic E-state index is 0.0170. The maximum atomic E-state index is 13.5. The molecule has 7 nitrogen and oxygen atoms in total. The molecule has 3 aliphatic rings. The number of ether oxygens (including phenoxy) is 1. The van der Waals surface area contributed by atoms with E-state index in [9.17, 15) is 28.6 Å². The van der Waals surface area contributed by atoms with E-state index in [1.807, 2.05) is 6.92 Å². The highest BCUT2D eigenvalue weighted by Gasteiger charge is 2.60. The van der Waals surface area contributed by atoms with Crippen molar-refractivity contribution in [2.75, 3.05) is 6.61 Å². The summed E-state index contributed by atoms with van der Waals surface area (Å²) in [6, 6.07) is 3.26. The Balaban J connectivity index is 1.42. The summed E-state index contributed by atoms with van der Waals surface area (Å²) in [5.41, 5.74) is -0.858. The summed E-state index contributed by atoms with van der Waals surface area (Å²) in [5, 5.41) is 27.3. The summed E-state index contributed by atoms with van der Waals surface area (Å²) in [6.07, 6.45) is 6.03. The van der Waals surface area contributed by atoms with Crippen LogP contribution in [0.5, 0.6) is 0 Å². The fourth-order valence-corrected chi connectivity index (χ4v) is 7.54. The molecule has 212 valence electrons. The van der Waals surface area contributed by atoms with Gasteiger partial charge in [0.25, 0.3) is 0 Å². The van der Waals surface area contributed by atoms with Crippen LogP contribution in [0.3, 0.4) is 0 Å². The number of alkyl carbamates (subject to hydrolysis) is 1. The molecule has 4 rings (SSSR count). The number of carbonyl (C=O) groups is 2. The first-order valence-electron chi connectivity index (χ1n) is 14.0. The second kappa shape index (κ2) is 11.9. The molecule has 0 saturated heterocycles. The molecule has 9 heteroatoms. The van der Waals surface area contributed by atoms with E-state index >= 15 is 0 Å². The molecule has 6 atom stereocenters. The highest BCUT2D eigenvalue weighted by atomic mass is 19.1. The molecule has 3 aliphatic carbocycles. The van der Waals surface area contributed by atoms with E-state index in [0.717, 1.165) is 31.7 Å². The molecule has 0 radical (unpaired) electrons. The smallest absolute Gasteiger partial charge is 0.407 e. The van der Waals surface area contributed by atoms with Gasteiger partial charge in [-0.05, 0) is 73.5 Å². The number of nitrogens with one attached hydrogen (secondary N) is 2. The topological polar surface area (TPSA) is 108 Å². The lowest BCUT2D eigenvalue weighted by atomic mass is 9.46. The van der Waals surface area contributed by atoms with Gasteiger partial charge in [0.2, 0.25) is 5.91 Å². The van der Waals surface area contributed by atoms with Crippen molar-refractivity contribution in [2.24, 2.45) is 22.7 Å². The zero-order chi connectivity index (χ0) is 27.5. The van der Waals surface area contributed by atoms with E-state index in [1.165, 1.54) is 18.6 Å². The molecule has 2 amide bonds. The molecule has 0 heterocycles. The Morgan fingerprint density at radius 1 is 1.03 bits per heavy atom. The van der Waals surface area contributed by atoms with Crippen molar-refractivity contribution in [2.45, 2.75) is 103 Å². The summed E-state index contributed by atoms with van der Waals surface area (Å²) < 4.78 is 32.9. The zero-order valence-corrected chi connectivity index (χ0v) is 22.5. The van der Waals surface area contributed by atoms with Crippen LogP contribution in [0.2, 0.25) is 0 Å². The van der Waals surface area contributed by atoms with E-state index in [-0.39, 0.29) is 43.4 Å². The summed E-state index contributed by atoms with van der Waals surface area (Å²) >= 11 is 0. The number of benzene rings is 1. The number of hydrogen-bond donors (Lipinski definition) is 4. The van der Waals surface area contributed by atoms with Gasteiger partial charge >= 0.3 is 6.09 Å². The average Bonchev–Trinajstić information content (AvgIpc) is 2.87. The molecular formula is C29H42F2N2O5. The Morgan fingerprint density at radius 3 is 2.37 bits per heavy atom. The molecule has 38 heavy (non-hydrogen) atoms. The van der Waals surface area contributed by atoms with Gasteiger partial charge < -0.3 is 25.6 Å². The Hall–Kier alpha value is -2.26. The summed E-state index contributed by atoms with van der Waals surface area (Å²) in [4.78, 5) is 25.7. The monoisotopic (exact) mass is 536 g/mol. The first-order chi connectivity index (χ1) is 18.0. The highest BCUT2D eigenvalue weighted by molar-refractivity contribution is 5.76. The zero-order valence-electron chi connectivity index (χ0n) is 22.5. The molecule has 3 fully saturated rings. The van der Waals surface area contributed by atoms with Gasteiger partial charge in [0.05, 0.1) is 12.7 Å². The van der Waals surface area contributed by atoms with Gasteiger partial charge in [-0.15, -0.1) is 0 Å². The van der Waals surface area contributed by atoms with E-state index in [2.05, 4.69) is 17.6 Å². The predicted molar refractivity (Wildman–Crippen MR) is 138 cm³/mol. The van der Waals surface area contributed by atoms with Crippen LogP contribution < -0.4 is 10.6 Å². The number of halogens is 2. The van der Waals surface area contributed by atoms with Crippen LogP contribution in [0.1, 0.15) is 83.6 Å². The number of aliphatic hydroxyl groups excluding tert-OH is 2. The number of carbonyl (C=O) groups excluding carboxylic acids is 2. The van der Waals surface area contributed by atoms with Crippen molar-refractivity contribution in [1.29, 1.82) is 0 Å². The fraction of sp³-hybridized carbons (Fsp3) is 0.724. The van der Waals surface area contributed by atoms with Crippen LogP contribution in [0.4, 0.5) is 13.6 Å². The number of amides is 2. The Kier molecular flexibility index (Phi) is 8.97. The standard InChI is InChI=1S/C29H42F2N2O5/c1-28-11-10-25(38-27(37)33-21-6-4-3-5-7-21)29(2,17-34)24(28)9-8-23(35)22(28)15-26(36)32-16-18-12-19(30)14-20(31)13-18/h12-14,21-25,34-35H,3-11,15-17H2,1-2H3,(H,32,36)(H,33,37). The maximum absolute atomic E-state index is 13.5. The van der Waals surface area contributed by atoms with Crippen molar-refractivity contribution < 1.29 is 33.3 Å². The van der Waals surface area contributed by atoms with Crippen LogP contribution in [-0.4, -0.2) is 47.1 Å². The van der Waals surface area contributed by atoms with Gasteiger partial charge in [-0.3, -0.25) is 4.79 Å². The third kappa shape index (κ3) is 6.14. The van der Waals surface area contributed by atoms with Gasteiger partial charge in [-0.25, -0.2) is 13.6 Å². The van der Waals surface area contributed by atoms with Crippen molar-refractivity contribution in [3.05, 3.63) is 35.4 Å². The third-order valence-corrected chi connectivity index (χ3v) is 9.67. The molecule has 0 aliphatic heterocycles. The Morgan fingerprint density at radius 2 is 1.71 bits per heavy atom. The minimum Gasteiger partial charge on any atom is -0.446 e. The van der Waals surface area contributed by atoms with Crippen LogP contribution in [0.15, 0.2) is 18.2 Å². The Bertz CT molecular complexity index is 983. The number of fused-ring (bicyclic) bond motifs is 1. The minimum atomic E-state index is -0.717. The summed E-state index contributed by atoms with van der Waals surface area (Å²) in [5.74, 6) is -2.16. The molecule has 0 bridgehead atoms. The quantitative estimate of drug-likeness (QED) is 0.408. The molecule has 0 spiro atoms. The molecule has 1 aromatic rings. The third-order valence-electron chi connectivity index (χ3n) is 9.67. The number of rotatable bonds is 7. The van der Waals surface area contributed by atoms with Crippen molar-refractivity contribution in [3.63, 3.8) is 0 Å².